The van der Waals surface area contributed by atoms with Crippen LogP contribution in [0.2, 0.25) is 5.02 Å². The average molecular weight is 346 g/mol. The lowest BCUT2D eigenvalue weighted by Gasteiger charge is -2.12. The highest BCUT2D eigenvalue weighted by atomic mass is 35.5. The fourth-order valence-corrected chi connectivity index (χ4v) is 2.54. The molecule has 1 atom stereocenters. The number of furan rings is 1. The summed E-state index contributed by atoms with van der Waals surface area (Å²) in [5.41, 5.74) is 1.19. The van der Waals surface area contributed by atoms with Crippen molar-refractivity contribution in [2.75, 3.05) is 12.4 Å². The first-order valence-corrected chi connectivity index (χ1v) is 7.74. The number of hydrogen-bond acceptors (Lipinski definition) is 4. The lowest BCUT2D eigenvalue weighted by atomic mass is 10.2. The van der Waals surface area contributed by atoms with Crippen LogP contribution in [0.5, 0.6) is 5.75 Å². The second kappa shape index (κ2) is 6.84. The minimum Gasteiger partial charge on any atom is -0.493 e. The second-order valence-corrected chi connectivity index (χ2v) is 5.65. The quantitative estimate of drug-likeness (QED) is 0.687. The lowest BCUT2D eigenvalue weighted by molar-refractivity contribution is 0.109. The molecule has 1 amide bonds. The van der Waals surface area contributed by atoms with Crippen molar-refractivity contribution in [2.45, 2.75) is 13.0 Å². The fourth-order valence-electron chi connectivity index (χ4n) is 2.35. The summed E-state index contributed by atoms with van der Waals surface area (Å²) in [6, 6.07) is 14.3. The van der Waals surface area contributed by atoms with Crippen LogP contribution in [0.1, 0.15) is 18.8 Å². The Kier molecular flexibility index (Phi) is 4.62. The highest BCUT2D eigenvalue weighted by Gasteiger charge is 2.18. The Labute approximate surface area is 144 Å². The molecule has 3 aromatic rings. The molecule has 0 radical (unpaired) electrons. The van der Waals surface area contributed by atoms with Gasteiger partial charge in [-0.2, -0.15) is 0 Å². The zero-order valence-electron chi connectivity index (χ0n) is 13.2. The van der Waals surface area contributed by atoms with E-state index in [0.717, 1.165) is 5.39 Å². The van der Waals surface area contributed by atoms with Crippen LogP contribution in [0.4, 0.5) is 10.5 Å². The van der Waals surface area contributed by atoms with Crippen LogP contribution >= 0.6 is 11.6 Å². The van der Waals surface area contributed by atoms with Crippen LogP contribution in [0.3, 0.4) is 0 Å². The topological polar surface area (TPSA) is 60.7 Å². The van der Waals surface area contributed by atoms with Crippen molar-refractivity contribution in [2.24, 2.45) is 0 Å². The van der Waals surface area contributed by atoms with Crippen LogP contribution < -0.4 is 10.1 Å². The Hall–Kier alpha value is -2.66. The van der Waals surface area contributed by atoms with E-state index >= 15 is 0 Å². The summed E-state index contributed by atoms with van der Waals surface area (Å²) in [6.07, 6.45) is -1.14. The molecule has 0 aliphatic carbocycles. The summed E-state index contributed by atoms with van der Waals surface area (Å²) in [7, 11) is 1.58. The summed E-state index contributed by atoms with van der Waals surface area (Å²) >= 11 is 5.88. The van der Waals surface area contributed by atoms with Gasteiger partial charge < -0.3 is 13.9 Å². The van der Waals surface area contributed by atoms with Crippen molar-refractivity contribution < 1.29 is 18.7 Å². The van der Waals surface area contributed by atoms with Crippen molar-refractivity contribution in [1.82, 2.24) is 0 Å². The number of fused-ring (bicyclic) bond motifs is 1. The third-order valence-electron chi connectivity index (χ3n) is 3.50. The Balaban J connectivity index is 1.72. The van der Waals surface area contributed by atoms with Crippen molar-refractivity contribution in [3.05, 3.63) is 59.3 Å². The molecule has 0 aliphatic heterocycles. The molecule has 6 heteroatoms. The number of hydrogen-bond donors (Lipinski definition) is 1. The van der Waals surface area contributed by atoms with Crippen LogP contribution in [-0.2, 0) is 4.74 Å². The van der Waals surface area contributed by atoms with Gasteiger partial charge in [-0.05, 0) is 37.3 Å². The molecule has 124 valence electrons. The van der Waals surface area contributed by atoms with Crippen molar-refractivity contribution in [3.63, 3.8) is 0 Å². The molecule has 0 unspecified atom stereocenters. The van der Waals surface area contributed by atoms with Crippen molar-refractivity contribution in [1.29, 1.82) is 0 Å². The second-order valence-electron chi connectivity index (χ2n) is 5.21. The number of amides is 1. The number of benzene rings is 2. The number of halogens is 1. The van der Waals surface area contributed by atoms with E-state index in [4.69, 9.17) is 25.5 Å². The first-order chi connectivity index (χ1) is 11.6. The smallest absolute Gasteiger partial charge is 0.412 e. The average Bonchev–Trinajstić information content (AvgIpc) is 2.99. The van der Waals surface area contributed by atoms with Crippen LogP contribution in [0.15, 0.2) is 52.9 Å². The van der Waals surface area contributed by atoms with Gasteiger partial charge in [-0.25, -0.2) is 4.79 Å². The molecule has 24 heavy (non-hydrogen) atoms. The van der Waals surface area contributed by atoms with Gasteiger partial charge in [0, 0.05) is 16.1 Å². The molecule has 0 bridgehead atoms. The predicted molar refractivity (Wildman–Crippen MR) is 92.7 cm³/mol. The number of ether oxygens (including phenoxy) is 2. The van der Waals surface area contributed by atoms with Gasteiger partial charge in [0.25, 0.3) is 0 Å². The molecule has 0 fully saturated rings. The molecule has 1 heterocycles. The zero-order valence-corrected chi connectivity index (χ0v) is 14.0. The molecule has 1 aromatic heterocycles. The van der Waals surface area contributed by atoms with Gasteiger partial charge in [-0.3, -0.25) is 5.32 Å². The first-order valence-electron chi connectivity index (χ1n) is 7.36. The third-order valence-corrected chi connectivity index (χ3v) is 3.74. The lowest BCUT2D eigenvalue weighted by Crippen LogP contribution is -2.15. The van der Waals surface area contributed by atoms with E-state index < -0.39 is 12.2 Å². The number of methoxy groups -OCH3 is 1. The minimum atomic E-state index is -0.586. The fraction of sp³-hybridized carbons (Fsp3) is 0.167. The number of rotatable bonds is 4. The van der Waals surface area contributed by atoms with E-state index in [2.05, 4.69) is 5.32 Å². The van der Waals surface area contributed by atoms with Gasteiger partial charge >= 0.3 is 6.09 Å². The third kappa shape index (κ3) is 3.46. The molecule has 3 rings (SSSR count). The van der Waals surface area contributed by atoms with Crippen LogP contribution in [-0.4, -0.2) is 13.2 Å². The molecular formula is C18H16ClNO4. The maximum absolute atomic E-state index is 12.0. The van der Waals surface area contributed by atoms with E-state index in [-0.39, 0.29) is 0 Å². The Morgan fingerprint density at radius 1 is 1.21 bits per heavy atom. The van der Waals surface area contributed by atoms with E-state index in [0.29, 0.717) is 27.8 Å². The normalized spacial score (nSPS) is 12.0. The van der Waals surface area contributed by atoms with E-state index in [1.165, 1.54) is 0 Å². The van der Waals surface area contributed by atoms with Crippen LogP contribution in [0.25, 0.3) is 11.0 Å². The zero-order chi connectivity index (χ0) is 17.1. The molecular weight excluding hydrogens is 330 g/mol. The van der Waals surface area contributed by atoms with E-state index in [1.54, 1.807) is 38.3 Å². The van der Waals surface area contributed by atoms with E-state index in [1.807, 2.05) is 24.3 Å². The van der Waals surface area contributed by atoms with Gasteiger partial charge in [-0.15, -0.1) is 0 Å². The van der Waals surface area contributed by atoms with E-state index in [9.17, 15) is 4.79 Å². The molecule has 0 saturated heterocycles. The highest BCUT2D eigenvalue weighted by molar-refractivity contribution is 6.30. The molecule has 0 saturated carbocycles. The van der Waals surface area contributed by atoms with Crippen LogP contribution in [0, 0.1) is 0 Å². The van der Waals surface area contributed by atoms with Gasteiger partial charge in [0.1, 0.15) is 5.76 Å². The number of anilines is 1. The predicted octanol–water partition coefficient (Wildman–Crippen LogP) is 5.40. The summed E-state index contributed by atoms with van der Waals surface area (Å²) in [5.74, 6) is 1.17. The number of carbonyl (C=O) groups is 1. The number of carbonyl (C=O) groups excluding carboxylic acids is 1. The standard InChI is InChI=1S/C18H16ClNO4/c1-11(23-18(21)20-14-7-4-6-13(19)10-14)16-9-12-5-3-8-15(22-2)17(12)24-16/h3-11H,1-2H3,(H,20,21)/t11-/m1/s1. The molecule has 0 spiro atoms. The highest BCUT2D eigenvalue weighted by Crippen LogP contribution is 2.32. The van der Waals surface area contributed by atoms with Crippen molar-refractivity contribution >= 4 is 34.4 Å². The molecule has 2 aromatic carbocycles. The number of para-hydroxylation sites is 1. The first kappa shape index (κ1) is 16.2. The maximum atomic E-state index is 12.0. The Morgan fingerprint density at radius 2 is 2.00 bits per heavy atom. The largest absolute Gasteiger partial charge is 0.493 e. The minimum absolute atomic E-state index is 0.533. The summed E-state index contributed by atoms with van der Waals surface area (Å²) in [6.45, 7) is 1.74. The molecule has 5 nitrogen and oxygen atoms in total. The summed E-state index contributed by atoms with van der Waals surface area (Å²) in [5, 5.41) is 4.04. The van der Waals surface area contributed by atoms with Gasteiger partial charge in [0.15, 0.2) is 17.4 Å². The van der Waals surface area contributed by atoms with Crippen molar-refractivity contribution in [3.8, 4) is 5.75 Å². The van der Waals surface area contributed by atoms with Gasteiger partial charge in [0.2, 0.25) is 0 Å². The monoisotopic (exact) mass is 345 g/mol. The molecule has 1 N–H and O–H groups in total. The maximum Gasteiger partial charge on any atom is 0.412 e. The SMILES string of the molecule is COc1cccc2cc([C@@H](C)OC(=O)Nc3cccc(Cl)c3)oc12. The van der Waals surface area contributed by atoms with Gasteiger partial charge in [-0.1, -0.05) is 29.8 Å². The van der Waals surface area contributed by atoms with Gasteiger partial charge in [0.05, 0.1) is 7.11 Å². The summed E-state index contributed by atoms with van der Waals surface area (Å²) < 4.78 is 16.4. The Morgan fingerprint density at radius 3 is 2.75 bits per heavy atom. The summed E-state index contributed by atoms with van der Waals surface area (Å²) in [4.78, 5) is 12.0. The number of nitrogens with one attached hydrogen (secondary N) is 1. The Bertz CT molecular complexity index is 874. The molecule has 0 aliphatic rings.